The number of benzene rings is 4. The molecule has 0 radical (unpaired) electrons. The maximum absolute atomic E-state index is 11.7. The molecule has 0 atom stereocenters. The van der Waals surface area contributed by atoms with Gasteiger partial charge in [-0.15, -0.1) is 13.2 Å². The summed E-state index contributed by atoms with van der Waals surface area (Å²) in [5, 5.41) is 33.8. The van der Waals surface area contributed by atoms with Gasteiger partial charge >= 0.3 is 23.9 Å². The number of Topliss-reactive ketones (excluding diaryl/α,β-unsaturated/α-hetero) is 2. The lowest BCUT2D eigenvalue weighted by Crippen LogP contribution is -2.07. The Balaban J connectivity index is 0. The van der Waals surface area contributed by atoms with Crippen LogP contribution in [0.15, 0.2) is 111 Å². The maximum atomic E-state index is 11.7. The highest BCUT2D eigenvalue weighted by molar-refractivity contribution is 14.1. The summed E-state index contributed by atoms with van der Waals surface area (Å²) in [4.78, 5) is 87.7. The third kappa shape index (κ3) is 26.0. The first-order chi connectivity index (χ1) is 31.8. The first kappa shape index (κ1) is 66.0. The summed E-state index contributed by atoms with van der Waals surface area (Å²) < 4.78 is 19.1. The monoisotopic (exact) mass is 1320 g/mol. The number of allylic oxidation sites excluding steroid dienone is 2. The molecule has 0 unspecified atom stereocenters. The number of hydrogen-bond acceptors (Lipinski definition) is 10. The fourth-order valence-electron chi connectivity index (χ4n) is 4.86. The van der Waals surface area contributed by atoms with Crippen LogP contribution in [0, 0.1) is 0 Å². The third-order valence-corrected chi connectivity index (χ3v) is 9.55. The summed E-state index contributed by atoms with van der Waals surface area (Å²) in [7, 11) is 14.7. The van der Waals surface area contributed by atoms with Crippen molar-refractivity contribution in [2.24, 2.45) is 0 Å². The summed E-state index contributed by atoms with van der Waals surface area (Å²) in [5.74, 6) is -4.15. The number of halogens is 8. The van der Waals surface area contributed by atoms with Crippen LogP contribution in [-0.2, 0) is 31.3 Å². The third-order valence-electron chi connectivity index (χ3n) is 7.74. The molecule has 0 saturated carbocycles. The Morgan fingerprint density at radius 3 is 1.19 bits per heavy atom. The standard InChI is InChI=1S/C13H12I2O2.C11H10O4.C10H6Cl2O2.C10H8O4.2Cl2OS/c1-2-3-9-6-10(12(16)7-14)4-5-11(9)13(17)8-15;1-2-3-7-6-8(10(12)13)4-5-9(7)11(14)15;1-2-6-5-7(9(11)13)3-4-8(6)10(12)14;1-2-6-5-7(9(11)12)3-4-8(6)10(13)14;2*1-4(2)3/h2,4-6H,1,3,7-8H2;2,4-6H,1,3H2,(H,12,13)(H,14,15);2-5H,1H2;2-5H,1H2,(H,11,12)(H,13,14);;. The van der Waals surface area contributed by atoms with Crippen LogP contribution in [0.2, 0.25) is 0 Å². The molecule has 68 heavy (non-hydrogen) atoms. The van der Waals surface area contributed by atoms with Gasteiger partial charge in [-0.1, -0.05) is 94.8 Å². The highest BCUT2D eigenvalue weighted by Gasteiger charge is 2.15. The molecule has 0 spiro atoms. The number of carbonyl (C=O) groups excluding carboxylic acids is 4. The lowest BCUT2D eigenvalue weighted by Gasteiger charge is -2.07. The minimum atomic E-state index is -1.67. The van der Waals surface area contributed by atoms with Crippen molar-refractivity contribution in [3.63, 3.8) is 0 Å². The zero-order valence-electron chi connectivity index (χ0n) is 34.6. The van der Waals surface area contributed by atoms with Crippen LogP contribution in [-0.4, -0.2) is 83.6 Å². The molecule has 0 saturated heterocycles. The fraction of sp³-hybridized carbons (Fsp3) is 0.0909. The molecule has 0 fully saturated rings. The van der Waals surface area contributed by atoms with E-state index in [0.717, 1.165) is 5.56 Å². The number of ketones is 2. The molecule has 4 N–H and O–H groups in total. The Kier molecular flexibility index (Phi) is 34.9. The molecular formula is C44H36Cl6I2O14S2. The fourth-order valence-corrected chi connectivity index (χ4v) is 6.01. The predicted molar refractivity (Wildman–Crippen MR) is 288 cm³/mol. The Hall–Kier alpha value is -4.10. The van der Waals surface area contributed by atoms with Gasteiger partial charge in [0.2, 0.25) is 18.5 Å². The molecule has 4 rings (SSSR count). The Bertz CT molecular complexity index is 2490. The topological polar surface area (TPSA) is 252 Å². The molecule has 4 aromatic rings. The predicted octanol–water partition coefficient (Wildman–Crippen LogP) is 12.4. The van der Waals surface area contributed by atoms with Crippen molar-refractivity contribution >= 4 is 188 Å². The number of aromatic carboxylic acids is 4. The van der Waals surface area contributed by atoms with Gasteiger partial charge in [-0.25, -0.2) is 27.6 Å². The zero-order valence-corrected chi connectivity index (χ0v) is 45.1. The van der Waals surface area contributed by atoms with E-state index in [4.69, 9.17) is 52.0 Å². The zero-order chi connectivity index (χ0) is 52.8. The van der Waals surface area contributed by atoms with E-state index in [1.165, 1.54) is 72.8 Å². The summed E-state index contributed by atoms with van der Waals surface area (Å²) in [6, 6.07) is 17.4. The van der Waals surface area contributed by atoms with Crippen LogP contribution in [0.4, 0.5) is 0 Å². The van der Waals surface area contributed by atoms with Crippen molar-refractivity contribution in [3.8, 4) is 0 Å². The number of alkyl halides is 2. The normalized spacial score (nSPS) is 9.56. The van der Waals surface area contributed by atoms with E-state index in [1.54, 1.807) is 18.2 Å². The molecule has 14 nitrogen and oxygen atoms in total. The highest BCUT2D eigenvalue weighted by atomic mass is 127. The van der Waals surface area contributed by atoms with Gasteiger partial charge in [0.15, 0.2) is 11.6 Å². The van der Waals surface area contributed by atoms with Crippen LogP contribution < -0.4 is 0 Å². The van der Waals surface area contributed by atoms with Gasteiger partial charge in [0, 0.05) is 65.0 Å². The minimum Gasteiger partial charge on any atom is -0.478 e. The van der Waals surface area contributed by atoms with Gasteiger partial charge in [0.1, 0.15) is 0 Å². The first-order valence-electron chi connectivity index (χ1n) is 17.8. The van der Waals surface area contributed by atoms with Gasteiger partial charge in [-0.3, -0.25) is 19.2 Å². The van der Waals surface area contributed by atoms with Gasteiger partial charge in [-0.05, 0) is 119 Å². The molecule has 0 bridgehead atoms. The smallest absolute Gasteiger partial charge is 0.336 e. The van der Waals surface area contributed by atoms with Crippen molar-refractivity contribution in [1.29, 1.82) is 0 Å². The Morgan fingerprint density at radius 1 is 0.471 bits per heavy atom. The van der Waals surface area contributed by atoms with E-state index in [0.29, 0.717) is 60.6 Å². The average molecular weight is 1320 g/mol. The van der Waals surface area contributed by atoms with Crippen molar-refractivity contribution in [2.45, 2.75) is 12.8 Å². The van der Waals surface area contributed by atoms with Crippen LogP contribution in [0.3, 0.4) is 0 Å². The highest BCUT2D eigenvalue weighted by Crippen LogP contribution is 2.19. The van der Waals surface area contributed by atoms with Crippen molar-refractivity contribution < 1.29 is 67.2 Å². The SMILES string of the molecule is C=CCc1cc(C(=O)CI)ccc1C(=O)CI.C=CCc1cc(C(=O)O)ccc1C(=O)O.C=Cc1cc(C(=O)Cl)ccc1C(=O)Cl.C=Cc1cc(C(=O)O)ccc1C(=O)O.O=S(Cl)Cl.O=S(Cl)Cl. The van der Waals surface area contributed by atoms with E-state index >= 15 is 0 Å². The molecule has 0 aliphatic heterocycles. The van der Waals surface area contributed by atoms with Gasteiger partial charge in [-0.2, -0.15) is 0 Å². The Labute approximate surface area is 450 Å². The van der Waals surface area contributed by atoms with Gasteiger partial charge in [0.05, 0.1) is 31.1 Å². The van der Waals surface area contributed by atoms with Crippen LogP contribution in [0.25, 0.3) is 12.2 Å². The van der Waals surface area contributed by atoms with Crippen molar-refractivity contribution in [1.82, 2.24) is 0 Å². The first-order valence-corrected chi connectivity index (χ1v) is 27.2. The molecule has 0 aliphatic rings. The number of carboxylic acids is 4. The molecule has 0 aliphatic carbocycles. The van der Waals surface area contributed by atoms with Crippen LogP contribution in [0.1, 0.15) is 105 Å². The lowest BCUT2D eigenvalue weighted by atomic mass is 9.97. The average Bonchev–Trinajstić information content (AvgIpc) is 3.28. The molecule has 24 heteroatoms. The number of carbonyl (C=O) groups is 8. The van der Waals surface area contributed by atoms with E-state index in [2.05, 4.69) is 69.0 Å². The van der Waals surface area contributed by atoms with E-state index in [1.807, 2.05) is 51.2 Å². The summed E-state index contributed by atoms with van der Waals surface area (Å²) >= 11 is 14.7. The van der Waals surface area contributed by atoms with Crippen LogP contribution in [0.5, 0.6) is 0 Å². The number of carboxylic acid groups (broad SMARTS) is 4. The van der Waals surface area contributed by atoms with E-state index < -0.39 is 52.8 Å². The van der Waals surface area contributed by atoms with Gasteiger partial charge < -0.3 is 20.4 Å². The summed E-state index contributed by atoms with van der Waals surface area (Å²) in [6.45, 7) is 14.1. The second-order valence-electron chi connectivity index (χ2n) is 12.0. The van der Waals surface area contributed by atoms with Crippen LogP contribution >= 0.6 is 111 Å². The largest absolute Gasteiger partial charge is 0.478 e. The molecule has 0 heterocycles. The van der Waals surface area contributed by atoms with Crippen molar-refractivity contribution in [3.05, 3.63) is 178 Å². The molecule has 0 amide bonds. The van der Waals surface area contributed by atoms with Gasteiger partial charge in [0.25, 0.3) is 10.5 Å². The number of rotatable bonds is 16. The molecule has 364 valence electrons. The van der Waals surface area contributed by atoms with E-state index in [9.17, 15) is 38.4 Å². The maximum Gasteiger partial charge on any atom is 0.336 e. The summed E-state index contributed by atoms with van der Waals surface area (Å²) in [6.07, 6.45) is 6.99. The van der Waals surface area contributed by atoms with E-state index in [-0.39, 0.29) is 33.8 Å². The summed E-state index contributed by atoms with van der Waals surface area (Å²) in [5.41, 5.74) is 4.41. The minimum absolute atomic E-state index is 0.0462. The Morgan fingerprint density at radius 2 is 0.809 bits per heavy atom. The molecule has 4 aromatic carbocycles. The van der Waals surface area contributed by atoms with Crippen molar-refractivity contribution in [2.75, 3.05) is 8.86 Å². The molecular weight excluding hydrogens is 1280 g/mol. The second-order valence-corrected chi connectivity index (χ2v) is 19.3. The quantitative estimate of drug-likeness (QED) is 0.0268. The second kappa shape index (κ2) is 35.9. The molecule has 0 aromatic heterocycles. The lowest BCUT2D eigenvalue weighted by molar-refractivity contribution is 0.0680. The number of hydrogen-bond donors (Lipinski definition) is 4.